The van der Waals surface area contributed by atoms with E-state index in [9.17, 15) is 9.59 Å². The van der Waals surface area contributed by atoms with E-state index in [0.717, 1.165) is 0 Å². The van der Waals surface area contributed by atoms with Gasteiger partial charge in [-0.25, -0.2) is 0 Å². The lowest BCUT2D eigenvalue weighted by Crippen LogP contribution is -2.30. The highest BCUT2D eigenvalue weighted by Crippen LogP contribution is 2.15. The molecule has 0 aliphatic heterocycles. The molecule has 0 saturated carbocycles. The molecule has 0 bridgehead atoms. The minimum atomic E-state index is -0.689. The van der Waals surface area contributed by atoms with Gasteiger partial charge in [-0.3, -0.25) is 9.59 Å². The Hall–Kier alpha value is -0.510. The monoisotopic (exact) mass is 204 g/mol. The Bertz CT molecular complexity index is 199. The van der Waals surface area contributed by atoms with Gasteiger partial charge in [0.15, 0.2) is 0 Å². The van der Waals surface area contributed by atoms with E-state index in [4.69, 9.17) is 4.74 Å². The number of carbonyl (C=O) groups is 2. The van der Waals surface area contributed by atoms with Crippen molar-refractivity contribution < 1.29 is 14.3 Å². The highest BCUT2D eigenvalue weighted by Gasteiger charge is 2.24. The Labute approximate surface area is 84.3 Å². The minimum Gasteiger partial charge on any atom is -0.459 e. The van der Waals surface area contributed by atoms with Gasteiger partial charge in [-0.15, -0.1) is 0 Å². The van der Waals surface area contributed by atoms with E-state index in [2.05, 4.69) is 12.6 Å². The number of Topliss-reactive ketones (excluding diaryl/α,β-unsaturated/α-hetero) is 1. The first-order valence-corrected chi connectivity index (χ1v) is 4.83. The van der Waals surface area contributed by atoms with Gasteiger partial charge in [0.25, 0.3) is 0 Å². The summed E-state index contributed by atoms with van der Waals surface area (Å²) in [5, 5.41) is 0. The lowest BCUT2D eigenvalue weighted by Gasteiger charge is -2.23. The van der Waals surface area contributed by atoms with Gasteiger partial charge in [0.1, 0.15) is 11.4 Å². The van der Waals surface area contributed by atoms with Crippen molar-refractivity contribution in [2.24, 2.45) is 0 Å². The van der Waals surface area contributed by atoms with Gasteiger partial charge in [0, 0.05) is 12.2 Å². The van der Waals surface area contributed by atoms with E-state index in [1.54, 1.807) is 13.8 Å². The molecule has 0 fully saturated rings. The molecular formula is C9H16O3S. The normalized spacial score (nSPS) is 11.1. The molecule has 0 radical (unpaired) electrons. The van der Waals surface area contributed by atoms with Crippen molar-refractivity contribution in [3.63, 3.8) is 0 Å². The van der Waals surface area contributed by atoms with Gasteiger partial charge < -0.3 is 4.74 Å². The van der Waals surface area contributed by atoms with Crippen LogP contribution in [0.2, 0.25) is 0 Å². The van der Waals surface area contributed by atoms with E-state index >= 15 is 0 Å². The molecule has 0 aromatic rings. The molecule has 76 valence electrons. The van der Waals surface area contributed by atoms with Crippen LogP contribution in [0.5, 0.6) is 0 Å². The summed E-state index contributed by atoms with van der Waals surface area (Å²) in [4.78, 5) is 21.9. The summed E-state index contributed by atoms with van der Waals surface area (Å²) in [6.07, 6.45) is 0.537. The molecule has 0 amide bonds. The van der Waals surface area contributed by atoms with E-state index in [1.165, 1.54) is 6.92 Å². The number of rotatable bonds is 5. The van der Waals surface area contributed by atoms with Crippen molar-refractivity contribution >= 4 is 24.4 Å². The molecule has 13 heavy (non-hydrogen) atoms. The molecule has 0 aromatic carbocycles. The third-order valence-corrected chi connectivity index (χ3v) is 1.60. The topological polar surface area (TPSA) is 43.4 Å². The highest BCUT2D eigenvalue weighted by atomic mass is 32.1. The molecule has 0 spiro atoms. The molecule has 0 N–H and O–H groups in total. The van der Waals surface area contributed by atoms with Crippen molar-refractivity contribution in [3.05, 3.63) is 0 Å². The smallest absolute Gasteiger partial charge is 0.307 e. The molecule has 3 nitrogen and oxygen atoms in total. The zero-order chi connectivity index (χ0) is 10.5. The van der Waals surface area contributed by atoms with Crippen LogP contribution in [0.3, 0.4) is 0 Å². The number of hydrogen-bond donors (Lipinski definition) is 1. The number of esters is 1. The van der Waals surface area contributed by atoms with Crippen LogP contribution >= 0.6 is 12.6 Å². The van der Waals surface area contributed by atoms with Gasteiger partial charge >= 0.3 is 5.97 Å². The van der Waals surface area contributed by atoms with E-state index in [-0.39, 0.29) is 24.6 Å². The van der Waals surface area contributed by atoms with Crippen molar-refractivity contribution in [1.29, 1.82) is 0 Å². The summed E-state index contributed by atoms with van der Waals surface area (Å²) in [5.41, 5.74) is -0.689. The van der Waals surface area contributed by atoms with Crippen LogP contribution in [-0.2, 0) is 14.3 Å². The van der Waals surface area contributed by atoms with E-state index in [0.29, 0.717) is 5.75 Å². The summed E-state index contributed by atoms with van der Waals surface area (Å²) in [6, 6.07) is 0. The number of ketones is 1. The second kappa shape index (κ2) is 5.27. The predicted octanol–water partition coefficient (Wildman–Crippen LogP) is 1.61. The molecule has 0 unspecified atom stereocenters. The largest absolute Gasteiger partial charge is 0.459 e. The quantitative estimate of drug-likeness (QED) is 0.546. The first-order valence-electron chi connectivity index (χ1n) is 4.19. The maximum atomic E-state index is 11.1. The maximum Gasteiger partial charge on any atom is 0.307 e. The van der Waals surface area contributed by atoms with Crippen molar-refractivity contribution in [2.45, 2.75) is 39.2 Å². The molecule has 0 aliphatic rings. The molecule has 0 rings (SSSR count). The summed E-state index contributed by atoms with van der Waals surface area (Å²) in [6.45, 7) is 4.93. The Balaban J connectivity index is 4.00. The fraction of sp³-hybridized carbons (Fsp3) is 0.778. The molecule has 0 heterocycles. The van der Waals surface area contributed by atoms with Gasteiger partial charge in [-0.1, -0.05) is 0 Å². The summed E-state index contributed by atoms with van der Waals surface area (Å²) in [7, 11) is 0. The number of hydrogen-bond acceptors (Lipinski definition) is 4. The lowest BCUT2D eigenvalue weighted by atomic mass is 10.0. The first-order chi connectivity index (χ1) is 5.87. The zero-order valence-corrected chi connectivity index (χ0v) is 9.19. The number of carbonyl (C=O) groups excluding carboxylic acids is 2. The first kappa shape index (κ1) is 12.5. The fourth-order valence-corrected chi connectivity index (χ4v) is 1.27. The van der Waals surface area contributed by atoms with Gasteiger partial charge in [0.2, 0.25) is 0 Å². The average Bonchev–Trinajstić information content (AvgIpc) is 1.81. The van der Waals surface area contributed by atoms with Crippen LogP contribution in [0.4, 0.5) is 0 Å². The third-order valence-electron chi connectivity index (χ3n) is 1.38. The lowest BCUT2D eigenvalue weighted by molar-refractivity contribution is -0.157. The van der Waals surface area contributed by atoms with E-state index in [1.807, 2.05) is 0 Å². The van der Waals surface area contributed by atoms with Crippen LogP contribution < -0.4 is 0 Å². The zero-order valence-electron chi connectivity index (χ0n) is 8.29. The van der Waals surface area contributed by atoms with Gasteiger partial charge in [-0.05, 0) is 20.8 Å². The van der Waals surface area contributed by atoms with Crippen molar-refractivity contribution in [1.82, 2.24) is 0 Å². The highest BCUT2D eigenvalue weighted by molar-refractivity contribution is 7.80. The van der Waals surface area contributed by atoms with Crippen LogP contribution in [0, 0.1) is 0 Å². The summed E-state index contributed by atoms with van der Waals surface area (Å²) >= 11 is 3.91. The fourth-order valence-electron chi connectivity index (χ4n) is 1.09. The van der Waals surface area contributed by atoms with Crippen LogP contribution in [0.25, 0.3) is 0 Å². The molecule has 0 aromatic heterocycles. The van der Waals surface area contributed by atoms with Crippen molar-refractivity contribution in [2.75, 3.05) is 5.75 Å². The Morgan fingerprint density at radius 2 is 1.92 bits per heavy atom. The van der Waals surface area contributed by atoms with Crippen molar-refractivity contribution in [3.8, 4) is 0 Å². The summed E-state index contributed by atoms with van der Waals surface area (Å²) < 4.78 is 5.08. The van der Waals surface area contributed by atoms with Gasteiger partial charge in [-0.2, -0.15) is 12.6 Å². The number of thiol groups is 1. The Kier molecular flexibility index (Phi) is 5.06. The molecule has 4 heteroatoms. The molecule has 0 atom stereocenters. The second-order valence-electron chi connectivity index (χ2n) is 3.59. The molecule has 0 saturated heterocycles. The predicted molar refractivity (Wildman–Crippen MR) is 53.9 cm³/mol. The second-order valence-corrected chi connectivity index (χ2v) is 4.03. The van der Waals surface area contributed by atoms with Crippen LogP contribution in [0.1, 0.15) is 33.6 Å². The van der Waals surface area contributed by atoms with Crippen LogP contribution in [0.15, 0.2) is 0 Å². The Morgan fingerprint density at radius 3 is 2.31 bits per heavy atom. The maximum absolute atomic E-state index is 11.1. The van der Waals surface area contributed by atoms with Gasteiger partial charge in [0.05, 0.1) is 6.42 Å². The summed E-state index contributed by atoms with van der Waals surface area (Å²) in [5.74, 6) is 0.180. The number of ether oxygens (including phenoxy) is 1. The molecule has 0 aliphatic carbocycles. The van der Waals surface area contributed by atoms with Crippen LogP contribution in [-0.4, -0.2) is 23.1 Å². The standard InChI is InChI=1S/C9H16O3S/c1-7(10)6-9(2,3)12-8(11)4-5-13/h13H,4-6H2,1-3H3. The Morgan fingerprint density at radius 1 is 1.38 bits per heavy atom. The SMILES string of the molecule is CC(=O)CC(C)(C)OC(=O)CCS. The average molecular weight is 204 g/mol. The third kappa shape index (κ3) is 6.63. The molecular weight excluding hydrogens is 188 g/mol. The minimum absolute atomic E-state index is 0.0173. The van der Waals surface area contributed by atoms with E-state index < -0.39 is 5.60 Å².